The lowest BCUT2D eigenvalue weighted by Crippen LogP contribution is -2.36. The van der Waals surface area contributed by atoms with E-state index >= 15 is 0 Å². The minimum atomic E-state index is 0.825. The number of ether oxygens (including phenoxy) is 1. The summed E-state index contributed by atoms with van der Waals surface area (Å²) in [6, 6.07) is 0. The maximum Gasteiger partial charge on any atom is 0.0596 e. The lowest BCUT2D eigenvalue weighted by molar-refractivity contribution is 0.101. The molecule has 1 heterocycles. The average Bonchev–Trinajstić information content (AvgIpc) is 2.30. The zero-order valence-corrected chi connectivity index (χ0v) is 9.61. The minimum Gasteiger partial charge on any atom is -0.411 e. The highest BCUT2D eigenvalue weighted by atomic mass is 16.5. The molecule has 1 rings (SSSR count). The number of rotatable bonds is 6. The number of nitrogens with zero attached hydrogens (tertiary/aromatic N) is 2. The summed E-state index contributed by atoms with van der Waals surface area (Å²) < 4.78 is 5.51. The van der Waals surface area contributed by atoms with Crippen LogP contribution in [0.3, 0.4) is 0 Å². The first kappa shape index (κ1) is 12.5. The number of hydrogen-bond acceptors (Lipinski definition) is 4. The van der Waals surface area contributed by atoms with Gasteiger partial charge in [-0.1, -0.05) is 18.5 Å². The van der Waals surface area contributed by atoms with Crippen LogP contribution >= 0.6 is 0 Å². The average molecular weight is 214 g/mol. The van der Waals surface area contributed by atoms with E-state index in [4.69, 9.17) is 9.94 Å². The van der Waals surface area contributed by atoms with Crippen LogP contribution in [-0.4, -0.2) is 48.7 Å². The van der Waals surface area contributed by atoms with Crippen LogP contribution in [0.25, 0.3) is 0 Å². The molecule has 0 amide bonds. The molecule has 88 valence electrons. The summed E-state index contributed by atoms with van der Waals surface area (Å²) in [5, 5.41) is 11.9. The summed E-state index contributed by atoms with van der Waals surface area (Å²) in [6.07, 6.45) is 4.14. The molecule has 1 aliphatic rings. The van der Waals surface area contributed by atoms with Gasteiger partial charge in [0.05, 0.1) is 12.3 Å². The topological polar surface area (TPSA) is 45.1 Å². The van der Waals surface area contributed by atoms with Gasteiger partial charge in [-0.15, -0.1) is 0 Å². The fourth-order valence-electron chi connectivity index (χ4n) is 1.68. The third kappa shape index (κ3) is 5.14. The lowest BCUT2D eigenvalue weighted by Gasteiger charge is -2.26. The van der Waals surface area contributed by atoms with Gasteiger partial charge < -0.3 is 14.8 Å². The Morgan fingerprint density at radius 1 is 1.33 bits per heavy atom. The summed E-state index contributed by atoms with van der Waals surface area (Å²) in [4.78, 5) is 2.36. The van der Waals surface area contributed by atoms with E-state index in [1.165, 1.54) is 6.42 Å². The second-order valence-electron chi connectivity index (χ2n) is 3.97. The first-order valence-electron chi connectivity index (χ1n) is 5.86. The Bertz CT molecular complexity index is 185. The Balaban J connectivity index is 1.99. The Kier molecular flexibility index (Phi) is 6.36. The number of piperidine rings is 1. The molecule has 1 N–H and O–H groups in total. The number of hydrogen-bond donors (Lipinski definition) is 1. The van der Waals surface area contributed by atoms with Crippen molar-refractivity contribution in [3.05, 3.63) is 0 Å². The number of oxime groups is 1. The Morgan fingerprint density at radius 2 is 2.07 bits per heavy atom. The van der Waals surface area contributed by atoms with Crippen LogP contribution < -0.4 is 0 Å². The second-order valence-corrected chi connectivity index (χ2v) is 3.97. The van der Waals surface area contributed by atoms with E-state index in [1.807, 2.05) is 0 Å². The van der Waals surface area contributed by atoms with E-state index in [1.54, 1.807) is 0 Å². The molecule has 0 aromatic rings. The summed E-state index contributed by atoms with van der Waals surface area (Å²) >= 11 is 0. The summed E-state index contributed by atoms with van der Waals surface area (Å²) in [5.41, 5.74) is 0.929. The largest absolute Gasteiger partial charge is 0.411 e. The molecule has 4 heteroatoms. The zero-order chi connectivity index (χ0) is 10.9. The highest BCUT2D eigenvalue weighted by Crippen LogP contribution is 2.06. The highest BCUT2D eigenvalue weighted by molar-refractivity contribution is 5.84. The van der Waals surface area contributed by atoms with Gasteiger partial charge in [-0.25, -0.2) is 0 Å². The van der Waals surface area contributed by atoms with Gasteiger partial charge in [-0.3, -0.25) is 0 Å². The van der Waals surface area contributed by atoms with Crippen molar-refractivity contribution in [2.24, 2.45) is 5.16 Å². The third-order valence-electron chi connectivity index (χ3n) is 2.77. The van der Waals surface area contributed by atoms with Crippen molar-refractivity contribution >= 4 is 5.71 Å². The molecule has 15 heavy (non-hydrogen) atoms. The fraction of sp³-hybridized carbons (Fsp3) is 0.909. The van der Waals surface area contributed by atoms with E-state index in [0.717, 1.165) is 57.8 Å². The van der Waals surface area contributed by atoms with Gasteiger partial charge >= 0.3 is 0 Å². The van der Waals surface area contributed by atoms with E-state index in [2.05, 4.69) is 17.0 Å². The first-order chi connectivity index (χ1) is 7.36. The number of likely N-dealkylation sites (tertiary alicyclic amines) is 1. The zero-order valence-electron chi connectivity index (χ0n) is 9.61. The van der Waals surface area contributed by atoms with Gasteiger partial charge in [0, 0.05) is 39.1 Å². The van der Waals surface area contributed by atoms with Gasteiger partial charge in [0.2, 0.25) is 0 Å². The Morgan fingerprint density at radius 3 is 2.67 bits per heavy atom. The maximum atomic E-state index is 8.60. The van der Waals surface area contributed by atoms with Crippen molar-refractivity contribution < 1.29 is 9.94 Å². The summed E-state index contributed by atoms with van der Waals surface area (Å²) in [7, 11) is 0. The lowest BCUT2D eigenvalue weighted by atomic mass is 10.1. The standard InChI is InChI=1S/C11H22N2O2/c1-2-3-9-15-10-8-13-6-4-11(12-14)5-7-13/h14H,2-10H2,1H3. The van der Waals surface area contributed by atoms with E-state index in [-0.39, 0.29) is 0 Å². The molecular formula is C11H22N2O2. The monoisotopic (exact) mass is 214 g/mol. The molecule has 1 saturated heterocycles. The predicted octanol–water partition coefficient (Wildman–Crippen LogP) is 1.73. The van der Waals surface area contributed by atoms with Crippen LogP contribution in [0.4, 0.5) is 0 Å². The molecular weight excluding hydrogens is 192 g/mol. The van der Waals surface area contributed by atoms with E-state index in [0.29, 0.717) is 0 Å². The number of unbranched alkanes of at least 4 members (excludes halogenated alkanes) is 1. The van der Waals surface area contributed by atoms with Crippen molar-refractivity contribution in [2.45, 2.75) is 32.6 Å². The van der Waals surface area contributed by atoms with Gasteiger partial charge in [0.1, 0.15) is 0 Å². The second kappa shape index (κ2) is 7.65. The third-order valence-corrected chi connectivity index (χ3v) is 2.77. The van der Waals surface area contributed by atoms with Crippen LogP contribution in [0.15, 0.2) is 5.16 Å². The van der Waals surface area contributed by atoms with Crippen molar-refractivity contribution in [1.82, 2.24) is 4.90 Å². The van der Waals surface area contributed by atoms with Crippen LogP contribution in [-0.2, 0) is 4.74 Å². The molecule has 0 saturated carbocycles. The smallest absolute Gasteiger partial charge is 0.0596 e. The van der Waals surface area contributed by atoms with Crippen LogP contribution in [0.1, 0.15) is 32.6 Å². The highest BCUT2D eigenvalue weighted by Gasteiger charge is 2.14. The van der Waals surface area contributed by atoms with E-state index in [9.17, 15) is 0 Å². The predicted molar refractivity (Wildman–Crippen MR) is 60.6 cm³/mol. The van der Waals surface area contributed by atoms with Crippen LogP contribution in [0.2, 0.25) is 0 Å². The Hall–Kier alpha value is -0.610. The molecule has 0 bridgehead atoms. The molecule has 0 radical (unpaired) electrons. The minimum absolute atomic E-state index is 0.825. The van der Waals surface area contributed by atoms with Crippen LogP contribution in [0.5, 0.6) is 0 Å². The molecule has 0 atom stereocenters. The molecule has 0 aromatic heterocycles. The normalized spacial score (nSPS) is 18.1. The first-order valence-corrected chi connectivity index (χ1v) is 5.86. The summed E-state index contributed by atoms with van der Waals surface area (Å²) in [5.74, 6) is 0. The Labute approximate surface area is 91.9 Å². The van der Waals surface area contributed by atoms with Gasteiger partial charge in [-0.05, 0) is 6.42 Å². The summed E-state index contributed by atoms with van der Waals surface area (Å²) in [6.45, 7) is 6.87. The van der Waals surface area contributed by atoms with Gasteiger partial charge in [0.25, 0.3) is 0 Å². The quantitative estimate of drug-likeness (QED) is 0.416. The molecule has 0 spiro atoms. The van der Waals surface area contributed by atoms with E-state index < -0.39 is 0 Å². The van der Waals surface area contributed by atoms with Crippen molar-refractivity contribution in [3.63, 3.8) is 0 Å². The molecule has 1 fully saturated rings. The molecule has 0 unspecified atom stereocenters. The van der Waals surface area contributed by atoms with Gasteiger partial charge in [0.15, 0.2) is 0 Å². The van der Waals surface area contributed by atoms with Crippen molar-refractivity contribution in [2.75, 3.05) is 32.8 Å². The molecule has 0 aromatic carbocycles. The van der Waals surface area contributed by atoms with Crippen LogP contribution in [0, 0.1) is 0 Å². The molecule has 1 aliphatic heterocycles. The van der Waals surface area contributed by atoms with Crippen molar-refractivity contribution in [1.29, 1.82) is 0 Å². The maximum absolute atomic E-state index is 8.60. The van der Waals surface area contributed by atoms with Gasteiger partial charge in [-0.2, -0.15) is 0 Å². The van der Waals surface area contributed by atoms with Crippen molar-refractivity contribution in [3.8, 4) is 0 Å². The fourth-order valence-corrected chi connectivity index (χ4v) is 1.68. The molecule has 0 aliphatic carbocycles. The molecule has 4 nitrogen and oxygen atoms in total. The SMILES string of the molecule is CCCCOCCN1CCC(=NO)CC1.